The van der Waals surface area contributed by atoms with Gasteiger partial charge in [-0.3, -0.25) is 4.68 Å². The Morgan fingerprint density at radius 3 is 2.86 bits per heavy atom. The van der Waals surface area contributed by atoms with E-state index in [0.29, 0.717) is 13.1 Å². The first-order valence-electron chi connectivity index (χ1n) is 6.86. The minimum atomic E-state index is -0.101. The molecule has 0 aliphatic heterocycles. The lowest BCUT2D eigenvalue weighted by molar-refractivity contribution is 0.204. The third-order valence-electron chi connectivity index (χ3n) is 3.24. The summed E-state index contributed by atoms with van der Waals surface area (Å²) in [6.45, 7) is 7.09. The summed E-state index contributed by atoms with van der Waals surface area (Å²) in [5.74, 6) is 0. The van der Waals surface area contributed by atoms with Gasteiger partial charge in [0.05, 0.1) is 29.5 Å². The third kappa shape index (κ3) is 4.04. The Balaban J connectivity index is 1.84. The van der Waals surface area contributed by atoms with Crippen LogP contribution in [0, 0.1) is 13.8 Å². The number of hydrogen-bond acceptors (Lipinski definition) is 4. The van der Waals surface area contributed by atoms with Gasteiger partial charge in [0.1, 0.15) is 0 Å². The second-order valence-electron chi connectivity index (χ2n) is 5.24. The van der Waals surface area contributed by atoms with Crippen LogP contribution in [0.1, 0.15) is 30.0 Å². The van der Waals surface area contributed by atoms with Crippen LogP contribution in [0.15, 0.2) is 17.0 Å². The number of thiazole rings is 1. The highest BCUT2D eigenvalue weighted by Gasteiger charge is 2.13. The molecule has 1 N–H and O–H groups in total. The number of amides is 2. The Morgan fingerprint density at radius 2 is 2.29 bits per heavy atom. The zero-order valence-electron chi connectivity index (χ0n) is 12.8. The Labute approximate surface area is 128 Å². The quantitative estimate of drug-likeness (QED) is 0.922. The predicted molar refractivity (Wildman–Crippen MR) is 83.4 cm³/mol. The standard InChI is InChI=1S/C14H21N5OS/c1-10-5-11(2)19(17-10)12(3)6-15-14(20)18(4)7-13-8-21-9-16-13/h5,8-9,12H,6-7H2,1-4H3,(H,15,20)/t12-/m1/s1. The van der Waals surface area contributed by atoms with Crippen molar-refractivity contribution in [3.05, 3.63) is 34.0 Å². The number of rotatable bonds is 5. The molecule has 21 heavy (non-hydrogen) atoms. The van der Waals surface area contributed by atoms with Gasteiger partial charge in [-0.1, -0.05) is 0 Å². The smallest absolute Gasteiger partial charge is 0.317 e. The lowest BCUT2D eigenvalue weighted by Gasteiger charge is -2.20. The lowest BCUT2D eigenvalue weighted by atomic mass is 10.3. The molecule has 7 heteroatoms. The molecule has 2 aromatic rings. The van der Waals surface area contributed by atoms with E-state index in [2.05, 4.69) is 15.4 Å². The van der Waals surface area contributed by atoms with E-state index in [1.807, 2.05) is 36.9 Å². The molecule has 114 valence electrons. The number of carbonyl (C=O) groups is 1. The average Bonchev–Trinajstić information content (AvgIpc) is 3.05. The van der Waals surface area contributed by atoms with Crippen LogP contribution in [0.5, 0.6) is 0 Å². The van der Waals surface area contributed by atoms with E-state index in [1.54, 1.807) is 17.5 Å². The minimum absolute atomic E-state index is 0.101. The molecule has 0 saturated heterocycles. The van der Waals surface area contributed by atoms with Crippen LogP contribution >= 0.6 is 11.3 Å². The van der Waals surface area contributed by atoms with Crippen LogP contribution < -0.4 is 5.32 Å². The Kier molecular flexibility index (Phi) is 4.95. The van der Waals surface area contributed by atoms with E-state index < -0.39 is 0 Å². The van der Waals surface area contributed by atoms with Gasteiger partial charge in [0.15, 0.2) is 0 Å². The molecule has 1 atom stereocenters. The molecule has 6 nitrogen and oxygen atoms in total. The SMILES string of the molecule is Cc1cc(C)n([C@H](C)CNC(=O)N(C)Cc2cscn2)n1. The predicted octanol–water partition coefficient (Wildman–Crippen LogP) is 2.36. The first-order chi connectivity index (χ1) is 9.97. The van der Waals surface area contributed by atoms with Crippen molar-refractivity contribution in [2.45, 2.75) is 33.4 Å². The first-order valence-corrected chi connectivity index (χ1v) is 7.80. The highest BCUT2D eigenvalue weighted by molar-refractivity contribution is 7.07. The number of nitrogens with zero attached hydrogens (tertiary/aromatic N) is 4. The number of hydrogen-bond donors (Lipinski definition) is 1. The normalized spacial score (nSPS) is 12.2. The van der Waals surface area contributed by atoms with Crippen molar-refractivity contribution < 1.29 is 4.79 Å². The molecule has 0 bridgehead atoms. The van der Waals surface area contributed by atoms with Gasteiger partial charge in [-0.25, -0.2) is 9.78 Å². The second-order valence-corrected chi connectivity index (χ2v) is 5.96. The molecule has 2 amide bonds. The van der Waals surface area contributed by atoms with Gasteiger partial charge < -0.3 is 10.2 Å². The molecule has 2 aromatic heterocycles. The summed E-state index contributed by atoms with van der Waals surface area (Å²) in [6.07, 6.45) is 0. The van der Waals surface area contributed by atoms with Crippen molar-refractivity contribution in [2.75, 3.05) is 13.6 Å². The molecular weight excluding hydrogens is 286 g/mol. The van der Waals surface area contributed by atoms with E-state index in [-0.39, 0.29) is 12.1 Å². The van der Waals surface area contributed by atoms with E-state index >= 15 is 0 Å². The summed E-state index contributed by atoms with van der Waals surface area (Å²) in [4.78, 5) is 17.9. The van der Waals surface area contributed by atoms with E-state index in [4.69, 9.17) is 0 Å². The van der Waals surface area contributed by atoms with Crippen molar-refractivity contribution >= 4 is 17.4 Å². The largest absolute Gasteiger partial charge is 0.336 e. The molecule has 2 heterocycles. The second kappa shape index (κ2) is 6.71. The van der Waals surface area contributed by atoms with Gasteiger partial charge in [0, 0.05) is 24.7 Å². The first kappa shape index (κ1) is 15.5. The summed E-state index contributed by atoms with van der Waals surface area (Å²) >= 11 is 1.53. The highest BCUT2D eigenvalue weighted by atomic mass is 32.1. The summed E-state index contributed by atoms with van der Waals surface area (Å²) in [5, 5.41) is 9.31. The summed E-state index contributed by atoms with van der Waals surface area (Å²) in [6, 6.07) is 2.05. The van der Waals surface area contributed by atoms with Crippen LogP contribution in [0.4, 0.5) is 4.79 Å². The zero-order valence-corrected chi connectivity index (χ0v) is 13.6. The van der Waals surface area contributed by atoms with Crippen molar-refractivity contribution in [1.29, 1.82) is 0 Å². The molecule has 0 aromatic carbocycles. The van der Waals surface area contributed by atoms with Crippen molar-refractivity contribution in [2.24, 2.45) is 0 Å². The van der Waals surface area contributed by atoms with Gasteiger partial charge in [-0.2, -0.15) is 5.10 Å². The van der Waals surface area contributed by atoms with Gasteiger partial charge in [-0.15, -0.1) is 11.3 Å². The van der Waals surface area contributed by atoms with Crippen LogP contribution in [0.2, 0.25) is 0 Å². The van der Waals surface area contributed by atoms with Crippen molar-refractivity contribution in [1.82, 2.24) is 25.0 Å². The molecule has 0 unspecified atom stereocenters. The van der Waals surface area contributed by atoms with Crippen LogP contribution in [-0.4, -0.2) is 39.3 Å². The number of carbonyl (C=O) groups excluding carboxylic acids is 1. The molecule has 0 aliphatic carbocycles. The zero-order chi connectivity index (χ0) is 15.4. The fraction of sp³-hybridized carbons (Fsp3) is 0.500. The van der Waals surface area contributed by atoms with Crippen molar-refractivity contribution in [3.8, 4) is 0 Å². The number of nitrogens with one attached hydrogen (secondary N) is 1. The van der Waals surface area contributed by atoms with Crippen LogP contribution in [0.25, 0.3) is 0 Å². The average molecular weight is 307 g/mol. The highest BCUT2D eigenvalue weighted by Crippen LogP contribution is 2.10. The van der Waals surface area contributed by atoms with E-state index in [0.717, 1.165) is 17.1 Å². The maximum Gasteiger partial charge on any atom is 0.317 e. The molecule has 0 fully saturated rings. The Morgan fingerprint density at radius 1 is 1.52 bits per heavy atom. The van der Waals surface area contributed by atoms with Gasteiger partial charge in [0.2, 0.25) is 0 Å². The molecular formula is C14H21N5OS. The molecule has 2 rings (SSSR count). The lowest BCUT2D eigenvalue weighted by Crippen LogP contribution is -2.39. The fourth-order valence-corrected chi connectivity index (χ4v) is 2.73. The number of urea groups is 1. The van der Waals surface area contributed by atoms with Gasteiger partial charge in [0.25, 0.3) is 0 Å². The Bertz CT molecular complexity index is 593. The van der Waals surface area contributed by atoms with Gasteiger partial charge in [-0.05, 0) is 26.8 Å². The summed E-state index contributed by atoms with van der Waals surface area (Å²) in [7, 11) is 1.77. The van der Waals surface area contributed by atoms with Crippen LogP contribution in [0.3, 0.4) is 0 Å². The number of aromatic nitrogens is 3. The summed E-state index contributed by atoms with van der Waals surface area (Å²) in [5.41, 5.74) is 4.77. The van der Waals surface area contributed by atoms with Gasteiger partial charge >= 0.3 is 6.03 Å². The van der Waals surface area contributed by atoms with Crippen LogP contribution in [-0.2, 0) is 6.54 Å². The van der Waals surface area contributed by atoms with E-state index in [1.165, 1.54) is 11.3 Å². The van der Waals surface area contributed by atoms with E-state index in [9.17, 15) is 4.79 Å². The minimum Gasteiger partial charge on any atom is -0.336 e. The summed E-state index contributed by atoms with van der Waals surface area (Å²) < 4.78 is 1.94. The molecule has 0 spiro atoms. The maximum absolute atomic E-state index is 12.1. The monoisotopic (exact) mass is 307 g/mol. The topological polar surface area (TPSA) is 63.1 Å². The van der Waals surface area contributed by atoms with Crippen molar-refractivity contribution in [3.63, 3.8) is 0 Å². The third-order valence-corrected chi connectivity index (χ3v) is 3.88. The number of aryl methyl sites for hydroxylation is 2. The Hall–Kier alpha value is -1.89. The molecule has 0 saturated carbocycles. The molecule has 0 aliphatic rings. The molecule has 0 radical (unpaired) electrons. The fourth-order valence-electron chi connectivity index (χ4n) is 2.18. The maximum atomic E-state index is 12.1.